The highest BCUT2D eigenvalue weighted by atomic mass is 32.2. The van der Waals surface area contributed by atoms with Gasteiger partial charge in [-0.05, 0) is 58.1 Å². The van der Waals surface area contributed by atoms with Crippen LogP contribution in [0.4, 0.5) is 0 Å². The molecule has 0 heterocycles. The molecular formula is C22H30O6S2. The molecule has 2 rings (SSSR count). The molecule has 0 unspecified atom stereocenters. The van der Waals surface area contributed by atoms with Crippen molar-refractivity contribution in [1.82, 2.24) is 0 Å². The summed E-state index contributed by atoms with van der Waals surface area (Å²) in [5.41, 5.74) is 1.41. The average Bonchev–Trinajstić information content (AvgIpc) is 2.50. The van der Waals surface area contributed by atoms with Gasteiger partial charge in [0.2, 0.25) is 0 Å². The zero-order valence-electron chi connectivity index (χ0n) is 18.2. The Labute approximate surface area is 179 Å². The number of hydrogen-bond acceptors (Lipinski definition) is 4. The smallest absolute Gasteiger partial charge is 0.282 e. The van der Waals surface area contributed by atoms with Gasteiger partial charge in [-0.1, -0.05) is 65.8 Å². The van der Waals surface area contributed by atoms with E-state index in [2.05, 4.69) is 0 Å². The summed E-state index contributed by atoms with van der Waals surface area (Å²) in [5, 5.41) is 0. The normalized spacial score (nSPS) is 13.5. The van der Waals surface area contributed by atoms with Crippen molar-refractivity contribution in [2.45, 2.75) is 64.2 Å². The summed E-state index contributed by atoms with van der Waals surface area (Å²) in [5.74, 6) is 0. The Morgan fingerprint density at radius 3 is 1.17 bits per heavy atom. The lowest BCUT2D eigenvalue weighted by molar-refractivity contribution is 0.405. The molecule has 2 aromatic rings. The molecule has 6 nitrogen and oxygen atoms in total. The largest absolute Gasteiger partial charge is 0.294 e. The van der Waals surface area contributed by atoms with E-state index in [1.165, 1.54) is 12.1 Å². The molecule has 2 aromatic carbocycles. The number of rotatable bonds is 5. The minimum atomic E-state index is -4.47. The van der Waals surface area contributed by atoms with E-state index in [4.69, 9.17) is 0 Å². The van der Waals surface area contributed by atoms with Crippen LogP contribution in [0.2, 0.25) is 0 Å². The Morgan fingerprint density at radius 1 is 0.633 bits per heavy atom. The molecule has 0 spiro atoms. The molecule has 0 bridgehead atoms. The van der Waals surface area contributed by atoms with Crippen LogP contribution >= 0.6 is 0 Å². The topological polar surface area (TPSA) is 109 Å². The van der Waals surface area contributed by atoms with Gasteiger partial charge < -0.3 is 0 Å². The van der Waals surface area contributed by atoms with Gasteiger partial charge in [0.05, 0.1) is 9.79 Å². The van der Waals surface area contributed by atoms with E-state index in [1.54, 1.807) is 24.3 Å². The maximum absolute atomic E-state index is 12.0. The van der Waals surface area contributed by atoms with Gasteiger partial charge in [-0.15, -0.1) is 0 Å². The van der Waals surface area contributed by atoms with Crippen LogP contribution in [0, 0.1) is 10.8 Å². The lowest BCUT2D eigenvalue weighted by Crippen LogP contribution is -2.14. The van der Waals surface area contributed by atoms with E-state index in [0.717, 1.165) is 0 Å². The maximum atomic E-state index is 12.0. The first-order valence-corrected chi connectivity index (χ1v) is 12.5. The lowest BCUT2D eigenvalue weighted by Gasteiger charge is -2.21. The molecule has 0 aliphatic rings. The van der Waals surface area contributed by atoms with Gasteiger partial charge in [0.25, 0.3) is 20.2 Å². The quantitative estimate of drug-likeness (QED) is 0.614. The third kappa shape index (κ3) is 6.63. The van der Waals surface area contributed by atoms with Crippen molar-refractivity contribution >= 4 is 20.2 Å². The highest BCUT2D eigenvalue weighted by Gasteiger charge is 2.23. The SMILES string of the molecule is CC(C)(C)Cc1ccc(-c2ccc(CC(C)(C)C)c(S(=O)(=O)O)c2)cc1S(=O)(=O)O. The second-order valence-corrected chi connectivity index (χ2v) is 12.8. The zero-order chi connectivity index (χ0) is 23.1. The maximum Gasteiger partial charge on any atom is 0.294 e. The van der Waals surface area contributed by atoms with Crippen molar-refractivity contribution in [3.05, 3.63) is 47.5 Å². The van der Waals surface area contributed by atoms with Gasteiger partial charge in [0.1, 0.15) is 0 Å². The second kappa shape index (κ2) is 8.07. The molecule has 0 atom stereocenters. The van der Waals surface area contributed by atoms with Crippen molar-refractivity contribution < 1.29 is 25.9 Å². The van der Waals surface area contributed by atoms with Crippen molar-refractivity contribution in [2.24, 2.45) is 10.8 Å². The van der Waals surface area contributed by atoms with Gasteiger partial charge in [0, 0.05) is 0 Å². The summed E-state index contributed by atoms with van der Waals surface area (Å²) >= 11 is 0. The molecule has 166 valence electrons. The summed E-state index contributed by atoms with van der Waals surface area (Å²) in [7, 11) is -8.95. The molecule has 0 aliphatic carbocycles. The summed E-state index contributed by atoms with van der Waals surface area (Å²) in [6, 6.07) is 9.29. The summed E-state index contributed by atoms with van der Waals surface area (Å²) in [4.78, 5) is -0.413. The minimum absolute atomic E-state index is 0.201. The van der Waals surface area contributed by atoms with Crippen LogP contribution in [-0.2, 0) is 33.1 Å². The van der Waals surface area contributed by atoms with Crippen LogP contribution in [-0.4, -0.2) is 25.9 Å². The van der Waals surface area contributed by atoms with E-state index in [0.29, 0.717) is 35.1 Å². The molecule has 2 N–H and O–H groups in total. The van der Waals surface area contributed by atoms with Crippen LogP contribution in [0.5, 0.6) is 0 Å². The highest BCUT2D eigenvalue weighted by Crippen LogP contribution is 2.33. The van der Waals surface area contributed by atoms with Crippen LogP contribution < -0.4 is 0 Å². The molecule has 0 amide bonds. The van der Waals surface area contributed by atoms with Gasteiger partial charge in [-0.25, -0.2) is 0 Å². The van der Waals surface area contributed by atoms with E-state index < -0.39 is 20.2 Å². The van der Waals surface area contributed by atoms with Crippen molar-refractivity contribution in [3.8, 4) is 11.1 Å². The molecule has 0 aromatic heterocycles. The first-order chi connectivity index (χ1) is 13.4. The molecule has 30 heavy (non-hydrogen) atoms. The Hall–Kier alpha value is -1.74. The summed E-state index contributed by atoms with van der Waals surface area (Å²) in [6.45, 7) is 11.8. The van der Waals surface area contributed by atoms with Crippen LogP contribution in [0.1, 0.15) is 52.7 Å². The first kappa shape index (κ1) is 24.5. The highest BCUT2D eigenvalue weighted by molar-refractivity contribution is 7.86. The lowest BCUT2D eigenvalue weighted by atomic mass is 9.86. The molecule has 0 radical (unpaired) electrons. The monoisotopic (exact) mass is 454 g/mol. The Bertz CT molecular complexity index is 1060. The summed E-state index contributed by atoms with van der Waals surface area (Å²) < 4.78 is 67.4. The summed E-state index contributed by atoms with van der Waals surface area (Å²) in [6.07, 6.45) is 0.867. The van der Waals surface area contributed by atoms with Gasteiger partial charge in [-0.3, -0.25) is 9.11 Å². The number of hydrogen-bond donors (Lipinski definition) is 2. The Morgan fingerprint density at radius 2 is 0.933 bits per heavy atom. The molecular weight excluding hydrogens is 424 g/mol. The van der Waals surface area contributed by atoms with Crippen molar-refractivity contribution in [3.63, 3.8) is 0 Å². The van der Waals surface area contributed by atoms with Crippen LogP contribution in [0.15, 0.2) is 46.2 Å². The average molecular weight is 455 g/mol. The Kier molecular flexibility index (Phi) is 6.60. The van der Waals surface area contributed by atoms with Crippen molar-refractivity contribution in [2.75, 3.05) is 0 Å². The fraction of sp³-hybridized carbons (Fsp3) is 0.455. The molecule has 0 aliphatic heterocycles. The first-order valence-electron chi connectivity index (χ1n) is 9.58. The van der Waals surface area contributed by atoms with Gasteiger partial charge in [0.15, 0.2) is 0 Å². The zero-order valence-corrected chi connectivity index (χ0v) is 19.9. The van der Waals surface area contributed by atoms with E-state index >= 15 is 0 Å². The van der Waals surface area contributed by atoms with Crippen LogP contribution in [0.3, 0.4) is 0 Å². The minimum Gasteiger partial charge on any atom is -0.282 e. The third-order valence-electron chi connectivity index (χ3n) is 4.47. The standard InChI is InChI=1S/C22H30O6S2/c1-21(2,3)13-17-9-7-15(11-19(17)29(23,24)25)16-8-10-18(14-22(4,5)6)20(12-16)30(26,27)28/h7-12H,13-14H2,1-6H3,(H,23,24,25)(H,26,27,28). The third-order valence-corrected chi connectivity index (χ3v) is 6.34. The number of benzene rings is 2. The van der Waals surface area contributed by atoms with E-state index in [-0.39, 0.29) is 20.6 Å². The second-order valence-electron chi connectivity index (χ2n) is 10.1. The van der Waals surface area contributed by atoms with Gasteiger partial charge in [-0.2, -0.15) is 16.8 Å². The fourth-order valence-electron chi connectivity index (χ4n) is 3.38. The molecule has 8 heteroatoms. The van der Waals surface area contributed by atoms with E-state index in [1.807, 2.05) is 41.5 Å². The predicted molar refractivity (Wildman–Crippen MR) is 118 cm³/mol. The van der Waals surface area contributed by atoms with Crippen LogP contribution in [0.25, 0.3) is 11.1 Å². The van der Waals surface area contributed by atoms with Crippen molar-refractivity contribution in [1.29, 1.82) is 0 Å². The predicted octanol–water partition coefficient (Wildman–Crippen LogP) is 5.02. The molecule has 0 saturated heterocycles. The van der Waals surface area contributed by atoms with Gasteiger partial charge >= 0.3 is 0 Å². The fourth-order valence-corrected chi connectivity index (χ4v) is 4.88. The van der Waals surface area contributed by atoms with E-state index in [9.17, 15) is 25.9 Å². The Balaban J connectivity index is 2.67. The molecule has 0 fully saturated rings. The molecule has 0 saturated carbocycles.